The third-order valence-electron chi connectivity index (χ3n) is 2.74. The highest BCUT2D eigenvalue weighted by Crippen LogP contribution is 2.18. The van der Waals surface area contributed by atoms with E-state index in [2.05, 4.69) is 4.90 Å². The summed E-state index contributed by atoms with van der Waals surface area (Å²) in [6, 6.07) is 0.0882. The third-order valence-corrected chi connectivity index (χ3v) is 2.74. The van der Waals surface area contributed by atoms with Crippen molar-refractivity contribution in [3.63, 3.8) is 0 Å². The van der Waals surface area contributed by atoms with Crippen LogP contribution < -0.4 is 0 Å². The van der Waals surface area contributed by atoms with Gasteiger partial charge in [0.15, 0.2) is 0 Å². The SMILES string of the molecule is O=C1OCCC1N1CCCCC1. The van der Waals surface area contributed by atoms with Gasteiger partial charge in [-0.1, -0.05) is 6.42 Å². The number of esters is 1. The summed E-state index contributed by atoms with van der Waals surface area (Å²) in [5.74, 6) is -0.00287. The van der Waals surface area contributed by atoms with E-state index in [9.17, 15) is 4.79 Å². The molecule has 0 amide bonds. The molecule has 1 unspecified atom stereocenters. The second-order valence-electron chi connectivity index (χ2n) is 3.57. The molecule has 2 saturated heterocycles. The standard InChI is InChI=1S/C9H15NO2/c11-9-8(4-7-12-9)10-5-2-1-3-6-10/h8H,1-7H2. The lowest BCUT2D eigenvalue weighted by Gasteiger charge is -2.29. The fraction of sp³-hybridized carbons (Fsp3) is 0.889. The van der Waals surface area contributed by atoms with Crippen LogP contribution in [0.3, 0.4) is 0 Å². The van der Waals surface area contributed by atoms with Gasteiger partial charge < -0.3 is 4.74 Å². The predicted molar refractivity (Wildman–Crippen MR) is 44.8 cm³/mol. The molecule has 3 heteroatoms. The van der Waals surface area contributed by atoms with Crippen molar-refractivity contribution >= 4 is 5.97 Å². The number of carbonyl (C=O) groups is 1. The molecule has 0 spiro atoms. The monoisotopic (exact) mass is 169 g/mol. The van der Waals surface area contributed by atoms with Gasteiger partial charge >= 0.3 is 5.97 Å². The Balaban J connectivity index is 1.93. The summed E-state index contributed by atoms with van der Waals surface area (Å²) in [6.45, 7) is 2.79. The van der Waals surface area contributed by atoms with Crippen molar-refractivity contribution in [2.24, 2.45) is 0 Å². The van der Waals surface area contributed by atoms with Gasteiger partial charge in [-0.15, -0.1) is 0 Å². The van der Waals surface area contributed by atoms with Crippen molar-refractivity contribution < 1.29 is 9.53 Å². The number of hydrogen-bond acceptors (Lipinski definition) is 3. The largest absolute Gasteiger partial charge is 0.464 e. The molecule has 12 heavy (non-hydrogen) atoms. The Morgan fingerprint density at radius 3 is 2.58 bits per heavy atom. The van der Waals surface area contributed by atoms with E-state index in [0.717, 1.165) is 19.5 Å². The van der Waals surface area contributed by atoms with Gasteiger partial charge in [0.25, 0.3) is 0 Å². The van der Waals surface area contributed by atoms with E-state index in [4.69, 9.17) is 4.74 Å². The molecule has 1 atom stereocenters. The van der Waals surface area contributed by atoms with Gasteiger partial charge in [0.2, 0.25) is 0 Å². The van der Waals surface area contributed by atoms with E-state index in [-0.39, 0.29) is 12.0 Å². The molecule has 0 aliphatic carbocycles. The highest BCUT2D eigenvalue weighted by Gasteiger charge is 2.32. The maximum atomic E-state index is 11.2. The average molecular weight is 169 g/mol. The average Bonchev–Trinajstić information content (AvgIpc) is 2.53. The molecule has 0 aromatic carbocycles. The lowest BCUT2D eigenvalue weighted by molar-refractivity contribution is -0.142. The number of hydrogen-bond donors (Lipinski definition) is 0. The van der Waals surface area contributed by atoms with Crippen LogP contribution in [-0.2, 0) is 9.53 Å². The lowest BCUT2D eigenvalue weighted by atomic mass is 10.1. The first kappa shape index (κ1) is 8.05. The highest BCUT2D eigenvalue weighted by atomic mass is 16.5. The molecule has 0 aromatic heterocycles. The van der Waals surface area contributed by atoms with Crippen LogP contribution in [0.25, 0.3) is 0 Å². The molecule has 0 bridgehead atoms. The van der Waals surface area contributed by atoms with E-state index >= 15 is 0 Å². The maximum absolute atomic E-state index is 11.2. The van der Waals surface area contributed by atoms with E-state index in [1.54, 1.807) is 0 Å². The zero-order valence-electron chi connectivity index (χ0n) is 7.29. The first-order valence-corrected chi connectivity index (χ1v) is 4.78. The molecule has 2 rings (SSSR count). The van der Waals surface area contributed by atoms with Gasteiger partial charge in [-0.3, -0.25) is 9.69 Å². The van der Waals surface area contributed by atoms with Crippen molar-refractivity contribution in [3.8, 4) is 0 Å². The molecule has 2 fully saturated rings. The normalized spacial score (nSPS) is 32.0. The fourth-order valence-electron chi connectivity index (χ4n) is 2.05. The van der Waals surface area contributed by atoms with Crippen LogP contribution in [0.1, 0.15) is 25.7 Å². The minimum atomic E-state index is -0.00287. The van der Waals surface area contributed by atoms with Gasteiger partial charge in [-0.25, -0.2) is 0 Å². The number of likely N-dealkylation sites (tertiary alicyclic amines) is 1. The Morgan fingerprint density at radius 2 is 2.00 bits per heavy atom. The Morgan fingerprint density at radius 1 is 1.25 bits per heavy atom. The summed E-state index contributed by atoms with van der Waals surface area (Å²) >= 11 is 0. The van der Waals surface area contributed by atoms with Crippen LogP contribution in [-0.4, -0.2) is 36.6 Å². The summed E-state index contributed by atoms with van der Waals surface area (Å²) in [6.07, 6.45) is 4.70. The molecule has 3 nitrogen and oxygen atoms in total. The minimum absolute atomic E-state index is 0.00287. The van der Waals surface area contributed by atoms with Crippen molar-refractivity contribution in [1.82, 2.24) is 4.90 Å². The molecule has 2 aliphatic heterocycles. The number of rotatable bonds is 1. The summed E-state index contributed by atoms with van der Waals surface area (Å²) in [5, 5.41) is 0. The lowest BCUT2D eigenvalue weighted by Crippen LogP contribution is -2.41. The number of piperidine rings is 1. The van der Waals surface area contributed by atoms with Gasteiger partial charge in [0.05, 0.1) is 6.61 Å². The summed E-state index contributed by atoms with van der Waals surface area (Å²) in [4.78, 5) is 13.5. The molecule has 0 saturated carbocycles. The zero-order valence-corrected chi connectivity index (χ0v) is 7.29. The second-order valence-corrected chi connectivity index (χ2v) is 3.57. The minimum Gasteiger partial charge on any atom is -0.464 e. The third kappa shape index (κ3) is 1.46. The smallest absolute Gasteiger partial charge is 0.323 e. The molecule has 68 valence electrons. The van der Waals surface area contributed by atoms with Crippen LogP contribution >= 0.6 is 0 Å². The summed E-state index contributed by atoms with van der Waals surface area (Å²) in [5.41, 5.74) is 0. The number of nitrogens with zero attached hydrogens (tertiary/aromatic N) is 1. The molecule has 0 N–H and O–H groups in total. The van der Waals surface area contributed by atoms with Gasteiger partial charge in [-0.05, 0) is 25.9 Å². The van der Waals surface area contributed by atoms with Crippen LogP contribution in [0.15, 0.2) is 0 Å². The van der Waals surface area contributed by atoms with Crippen LogP contribution in [0.5, 0.6) is 0 Å². The Labute approximate surface area is 72.7 Å². The van der Waals surface area contributed by atoms with Crippen LogP contribution in [0.2, 0.25) is 0 Å². The summed E-state index contributed by atoms with van der Waals surface area (Å²) < 4.78 is 4.94. The summed E-state index contributed by atoms with van der Waals surface area (Å²) in [7, 11) is 0. The molecule has 0 aromatic rings. The molecular formula is C9H15NO2. The number of cyclic esters (lactones) is 1. The zero-order chi connectivity index (χ0) is 8.39. The molecular weight excluding hydrogens is 154 g/mol. The van der Waals surface area contributed by atoms with E-state index in [0.29, 0.717) is 6.61 Å². The first-order valence-electron chi connectivity index (χ1n) is 4.78. The van der Waals surface area contributed by atoms with E-state index in [1.165, 1.54) is 19.3 Å². The predicted octanol–water partition coefficient (Wildman–Crippen LogP) is 0.788. The van der Waals surface area contributed by atoms with Crippen LogP contribution in [0.4, 0.5) is 0 Å². The Kier molecular flexibility index (Phi) is 2.30. The van der Waals surface area contributed by atoms with Gasteiger partial charge in [0, 0.05) is 6.42 Å². The number of ether oxygens (including phenoxy) is 1. The van der Waals surface area contributed by atoms with Gasteiger partial charge in [-0.2, -0.15) is 0 Å². The number of carbonyl (C=O) groups excluding carboxylic acids is 1. The second kappa shape index (κ2) is 3.44. The van der Waals surface area contributed by atoms with Crippen LogP contribution in [0, 0.1) is 0 Å². The topological polar surface area (TPSA) is 29.5 Å². The molecule has 2 aliphatic rings. The highest BCUT2D eigenvalue weighted by molar-refractivity contribution is 5.77. The fourth-order valence-corrected chi connectivity index (χ4v) is 2.05. The first-order chi connectivity index (χ1) is 5.88. The van der Waals surface area contributed by atoms with Crippen molar-refractivity contribution in [3.05, 3.63) is 0 Å². The quantitative estimate of drug-likeness (QED) is 0.543. The Hall–Kier alpha value is -0.570. The molecule has 0 radical (unpaired) electrons. The van der Waals surface area contributed by atoms with Crippen molar-refractivity contribution in [2.75, 3.05) is 19.7 Å². The maximum Gasteiger partial charge on any atom is 0.323 e. The van der Waals surface area contributed by atoms with Gasteiger partial charge in [0.1, 0.15) is 6.04 Å². The Bertz CT molecular complexity index is 175. The van der Waals surface area contributed by atoms with E-state index < -0.39 is 0 Å². The van der Waals surface area contributed by atoms with E-state index in [1.807, 2.05) is 0 Å². The van der Waals surface area contributed by atoms with Crippen molar-refractivity contribution in [2.45, 2.75) is 31.7 Å². The molecule has 2 heterocycles. The van der Waals surface area contributed by atoms with Crippen molar-refractivity contribution in [1.29, 1.82) is 0 Å².